The highest BCUT2D eigenvalue weighted by Crippen LogP contribution is 2.33. The second-order valence-electron chi connectivity index (χ2n) is 8.46. The fourth-order valence-corrected chi connectivity index (χ4v) is 3.45. The summed E-state index contributed by atoms with van der Waals surface area (Å²) in [5.41, 5.74) is 1.98. The van der Waals surface area contributed by atoms with E-state index in [1.54, 1.807) is 36.4 Å². The van der Waals surface area contributed by atoms with Gasteiger partial charge < -0.3 is 20.1 Å². The van der Waals surface area contributed by atoms with Crippen LogP contribution in [0.15, 0.2) is 77.3 Å². The van der Waals surface area contributed by atoms with E-state index in [0.29, 0.717) is 22.9 Å². The molecular formula is C26H27BrN2O4. The summed E-state index contributed by atoms with van der Waals surface area (Å²) in [7, 11) is 0. The molecule has 2 amide bonds. The predicted molar refractivity (Wildman–Crippen MR) is 134 cm³/mol. The zero-order chi connectivity index (χ0) is 23.8. The van der Waals surface area contributed by atoms with Gasteiger partial charge in [0.2, 0.25) is 0 Å². The number of amides is 2. The Labute approximate surface area is 202 Å². The van der Waals surface area contributed by atoms with E-state index in [1.165, 1.54) is 0 Å². The second kappa shape index (κ2) is 11.0. The van der Waals surface area contributed by atoms with Crippen molar-refractivity contribution in [3.8, 4) is 11.5 Å². The molecule has 0 bridgehead atoms. The van der Waals surface area contributed by atoms with Crippen LogP contribution in [0.25, 0.3) is 0 Å². The third-order valence-corrected chi connectivity index (χ3v) is 5.14. The summed E-state index contributed by atoms with van der Waals surface area (Å²) in [6.07, 6.45) is 0. The lowest BCUT2D eigenvalue weighted by molar-refractivity contribution is -0.118. The van der Waals surface area contributed by atoms with Crippen LogP contribution >= 0.6 is 15.9 Å². The maximum atomic E-state index is 12.5. The Balaban J connectivity index is 1.54. The van der Waals surface area contributed by atoms with Gasteiger partial charge in [-0.1, -0.05) is 61.0 Å². The molecule has 33 heavy (non-hydrogen) atoms. The summed E-state index contributed by atoms with van der Waals surface area (Å²) in [5, 5.41) is 5.56. The maximum absolute atomic E-state index is 12.5. The summed E-state index contributed by atoms with van der Waals surface area (Å²) >= 11 is 3.49. The molecule has 0 aliphatic heterocycles. The summed E-state index contributed by atoms with van der Waals surface area (Å²) in [6.45, 7) is 6.02. The predicted octanol–water partition coefficient (Wildman–Crippen LogP) is 5.78. The van der Waals surface area contributed by atoms with Gasteiger partial charge in [-0.15, -0.1) is 0 Å². The van der Waals surface area contributed by atoms with Crippen LogP contribution in [0.2, 0.25) is 0 Å². The monoisotopic (exact) mass is 510 g/mol. The van der Waals surface area contributed by atoms with E-state index in [9.17, 15) is 9.59 Å². The van der Waals surface area contributed by atoms with Gasteiger partial charge in [-0.05, 0) is 53.9 Å². The van der Waals surface area contributed by atoms with Crippen molar-refractivity contribution >= 4 is 39.1 Å². The Bertz CT molecular complexity index is 1110. The molecule has 0 saturated carbocycles. The summed E-state index contributed by atoms with van der Waals surface area (Å²) in [5.74, 6) is 0.693. The number of benzene rings is 3. The van der Waals surface area contributed by atoms with E-state index >= 15 is 0 Å². The van der Waals surface area contributed by atoms with E-state index in [1.807, 2.05) is 36.4 Å². The van der Waals surface area contributed by atoms with Crippen molar-refractivity contribution < 1.29 is 19.1 Å². The van der Waals surface area contributed by atoms with Crippen LogP contribution in [0.3, 0.4) is 0 Å². The van der Waals surface area contributed by atoms with Crippen molar-refractivity contribution in [3.63, 3.8) is 0 Å². The standard InChI is InChI=1S/C26H27BrN2O4/c1-26(2,3)22-14-18(27)12-13-23(22)33-17-25(31)29-20-9-7-8-19(15-20)28-24(30)16-32-21-10-5-4-6-11-21/h4-15H,16-17H2,1-3H3,(H,28,30)(H,29,31). The molecule has 0 atom stereocenters. The van der Waals surface area contributed by atoms with Crippen molar-refractivity contribution in [2.75, 3.05) is 23.8 Å². The normalized spacial score (nSPS) is 10.9. The average molecular weight is 511 g/mol. The van der Waals surface area contributed by atoms with Crippen molar-refractivity contribution in [2.45, 2.75) is 26.2 Å². The molecule has 2 N–H and O–H groups in total. The Morgan fingerprint density at radius 2 is 1.39 bits per heavy atom. The third kappa shape index (κ3) is 7.64. The van der Waals surface area contributed by atoms with Crippen LogP contribution < -0.4 is 20.1 Å². The molecule has 0 spiro atoms. The van der Waals surface area contributed by atoms with Crippen LogP contribution in [-0.4, -0.2) is 25.0 Å². The fraction of sp³-hybridized carbons (Fsp3) is 0.231. The van der Waals surface area contributed by atoms with Crippen molar-refractivity contribution in [1.29, 1.82) is 0 Å². The number of anilines is 2. The first kappa shape index (κ1) is 24.3. The zero-order valence-electron chi connectivity index (χ0n) is 18.9. The average Bonchev–Trinajstić information content (AvgIpc) is 2.77. The van der Waals surface area contributed by atoms with E-state index in [2.05, 4.69) is 47.3 Å². The lowest BCUT2D eigenvalue weighted by Gasteiger charge is -2.23. The first-order chi connectivity index (χ1) is 15.7. The van der Waals surface area contributed by atoms with Crippen molar-refractivity contribution in [2.24, 2.45) is 0 Å². The third-order valence-electron chi connectivity index (χ3n) is 4.65. The summed E-state index contributed by atoms with van der Waals surface area (Å²) in [6, 6.07) is 21.8. The highest BCUT2D eigenvalue weighted by molar-refractivity contribution is 9.10. The zero-order valence-corrected chi connectivity index (χ0v) is 20.4. The summed E-state index contributed by atoms with van der Waals surface area (Å²) < 4.78 is 12.2. The van der Waals surface area contributed by atoms with Gasteiger partial charge in [0.25, 0.3) is 11.8 Å². The van der Waals surface area contributed by atoms with E-state index < -0.39 is 0 Å². The smallest absolute Gasteiger partial charge is 0.262 e. The Kier molecular flexibility index (Phi) is 8.11. The summed E-state index contributed by atoms with van der Waals surface area (Å²) in [4.78, 5) is 24.6. The van der Waals surface area contributed by atoms with Crippen LogP contribution in [-0.2, 0) is 15.0 Å². The number of para-hydroxylation sites is 1. The fourth-order valence-electron chi connectivity index (χ4n) is 3.09. The lowest BCUT2D eigenvalue weighted by atomic mass is 9.86. The number of ether oxygens (including phenoxy) is 2. The van der Waals surface area contributed by atoms with Gasteiger partial charge >= 0.3 is 0 Å². The highest BCUT2D eigenvalue weighted by Gasteiger charge is 2.20. The van der Waals surface area contributed by atoms with Gasteiger partial charge in [0, 0.05) is 21.4 Å². The molecule has 0 aliphatic carbocycles. The minimum Gasteiger partial charge on any atom is -0.484 e. The molecule has 3 aromatic carbocycles. The number of carbonyl (C=O) groups is 2. The van der Waals surface area contributed by atoms with Gasteiger partial charge in [0.15, 0.2) is 13.2 Å². The number of carbonyl (C=O) groups excluding carboxylic acids is 2. The second-order valence-corrected chi connectivity index (χ2v) is 9.37. The van der Waals surface area contributed by atoms with E-state index in [4.69, 9.17) is 9.47 Å². The van der Waals surface area contributed by atoms with Crippen LogP contribution in [0.4, 0.5) is 11.4 Å². The molecule has 0 heterocycles. The molecule has 6 nitrogen and oxygen atoms in total. The molecule has 3 aromatic rings. The van der Waals surface area contributed by atoms with Gasteiger partial charge in [0.1, 0.15) is 11.5 Å². The molecule has 7 heteroatoms. The molecule has 0 radical (unpaired) electrons. The first-order valence-electron chi connectivity index (χ1n) is 10.5. The van der Waals surface area contributed by atoms with Gasteiger partial charge in [-0.3, -0.25) is 9.59 Å². The highest BCUT2D eigenvalue weighted by atomic mass is 79.9. The topological polar surface area (TPSA) is 76.7 Å². The molecule has 0 aliphatic rings. The van der Waals surface area contributed by atoms with Gasteiger partial charge in [-0.2, -0.15) is 0 Å². The molecule has 0 fully saturated rings. The maximum Gasteiger partial charge on any atom is 0.262 e. The quantitative estimate of drug-likeness (QED) is 0.402. The first-order valence-corrected chi connectivity index (χ1v) is 11.3. The molecule has 0 unspecified atom stereocenters. The molecule has 0 saturated heterocycles. The largest absolute Gasteiger partial charge is 0.484 e. The molecule has 0 aromatic heterocycles. The Morgan fingerprint density at radius 1 is 0.788 bits per heavy atom. The minimum absolute atomic E-state index is 0.113. The molecular weight excluding hydrogens is 484 g/mol. The van der Waals surface area contributed by atoms with Crippen molar-refractivity contribution in [1.82, 2.24) is 0 Å². The molecule has 172 valence electrons. The number of rotatable bonds is 8. The minimum atomic E-state index is -0.298. The van der Waals surface area contributed by atoms with Gasteiger partial charge in [0.05, 0.1) is 0 Å². The number of hydrogen-bond donors (Lipinski definition) is 2. The number of halogens is 1. The number of nitrogens with one attached hydrogen (secondary N) is 2. The van der Waals surface area contributed by atoms with Gasteiger partial charge in [-0.25, -0.2) is 0 Å². The SMILES string of the molecule is CC(C)(C)c1cc(Br)ccc1OCC(=O)Nc1cccc(NC(=O)COc2ccccc2)c1. The molecule has 3 rings (SSSR count). The van der Waals surface area contributed by atoms with Crippen molar-refractivity contribution in [3.05, 3.63) is 82.8 Å². The number of hydrogen-bond acceptors (Lipinski definition) is 4. The Morgan fingerprint density at radius 3 is 2.00 bits per heavy atom. The van der Waals surface area contributed by atoms with E-state index in [-0.39, 0.29) is 30.4 Å². The van der Waals surface area contributed by atoms with Crippen LogP contribution in [0.1, 0.15) is 26.3 Å². The Hall–Kier alpha value is -3.32. The lowest BCUT2D eigenvalue weighted by Crippen LogP contribution is -2.22. The van der Waals surface area contributed by atoms with Crippen LogP contribution in [0, 0.1) is 0 Å². The van der Waals surface area contributed by atoms with E-state index in [0.717, 1.165) is 10.0 Å². The van der Waals surface area contributed by atoms with Crippen LogP contribution in [0.5, 0.6) is 11.5 Å².